The average molecular weight is 266 g/mol. The van der Waals surface area contributed by atoms with Gasteiger partial charge in [-0.2, -0.15) is 0 Å². The van der Waals surface area contributed by atoms with Crippen LogP contribution in [-0.2, 0) is 14.3 Å². The molecule has 1 aliphatic heterocycles. The largest absolute Gasteiger partial charge is 0.497 e. The van der Waals surface area contributed by atoms with Gasteiger partial charge in [0.05, 0.1) is 25.9 Å². The molecule has 0 aromatic heterocycles. The highest BCUT2D eigenvalue weighted by atomic mass is 16.6. The summed E-state index contributed by atoms with van der Waals surface area (Å²) in [7, 11) is 1.60. The fourth-order valence-electron chi connectivity index (χ4n) is 2.16. The van der Waals surface area contributed by atoms with Crippen molar-refractivity contribution < 1.29 is 24.1 Å². The second-order valence-electron chi connectivity index (χ2n) is 4.55. The molecule has 1 aliphatic rings. The number of methoxy groups -OCH3 is 1. The lowest BCUT2D eigenvalue weighted by Crippen LogP contribution is -2.41. The van der Waals surface area contributed by atoms with Gasteiger partial charge in [0.2, 0.25) is 0 Å². The van der Waals surface area contributed by atoms with Crippen molar-refractivity contribution in [2.24, 2.45) is 0 Å². The van der Waals surface area contributed by atoms with Gasteiger partial charge in [0.1, 0.15) is 5.75 Å². The van der Waals surface area contributed by atoms with Gasteiger partial charge in [-0.3, -0.25) is 4.79 Å². The van der Waals surface area contributed by atoms with Gasteiger partial charge in [-0.25, -0.2) is 0 Å². The first-order chi connectivity index (χ1) is 9.10. The molecule has 0 unspecified atom stereocenters. The summed E-state index contributed by atoms with van der Waals surface area (Å²) in [6, 6.07) is 7.53. The van der Waals surface area contributed by atoms with E-state index in [1.807, 2.05) is 24.3 Å². The Morgan fingerprint density at radius 2 is 2.26 bits per heavy atom. The molecule has 1 aromatic rings. The Kier molecular flexibility index (Phi) is 4.39. The second kappa shape index (κ2) is 6.04. The lowest BCUT2D eigenvalue weighted by atomic mass is 9.97. The molecule has 0 saturated carbocycles. The quantitative estimate of drug-likeness (QED) is 0.839. The first-order valence-electron chi connectivity index (χ1n) is 6.21. The maximum atomic E-state index is 10.9. The number of carbonyl (C=O) groups excluding carboxylic acids is 1. The Hall–Kier alpha value is -1.59. The molecular formula is C14H18O5. The molecule has 3 atom stereocenters. The van der Waals surface area contributed by atoms with Crippen LogP contribution in [0.1, 0.15) is 25.0 Å². The molecule has 1 saturated heterocycles. The highest BCUT2D eigenvalue weighted by Gasteiger charge is 2.32. The third kappa shape index (κ3) is 3.45. The minimum atomic E-state index is -0.714. The molecule has 1 N–H and O–H groups in total. The number of ether oxygens (including phenoxy) is 3. The highest BCUT2D eigenvalue weighted by molar-refractivity contribution is 5.66. The molecule has 5 nitrogen and oxygen atoms in total. The zero-order valence-corrected chi connectivity index (χ0v) is 11.0. The topological polar surface area (TPSA) is 65.0 Å². The minimum absolute atomic E-state index is 0.197. The van der Waals surface area contributed by atoms with Crippen LogP contribution in [0, 0.1) is 0 Å². The van der Waals surface area contributed by atoms with E-state index in [-0.39, 0.29) is 12.7 Å². The number of hydrogen-bond acceptors (Lipinski definition) is 5. The maximum Gasteiger partial charge on any atom is 0.303 e. The maximum absolute atomic E-state index is 10.9. The molecule has 19 heavy (non-hydrogen) atoms. The van der Waals surface area contributed by atoms with Crippen LogP contribution >= 0.6 is 0 Å². The van der Waals surface area contributed by atoms with E-state index in [1.54, 1.807) is 7.11 Å². The fourth-order valence-corrected chi connectivity index (χ4v) is 2.16. The van der Waals surface area contributed by atoms with Gasteiger partial charge >= 0.3 is 5.97 Å². The summed E-state index contributed by atoms with van der Waals surface area (Å²) in [5.41, 5.74) is 0.944. The molecule has 0 bridgehead atoms. The number of benzene rings is 1. The van der Waals surface area contributed by atoms with Crippen LogP contribution in [0.15, 0.2) is 24.3 Å². The number of aliphatic hydroxyl groups is 1. The molecule has 0 radical (unpaired) electrons. The van der Waals surface area contributed by atoms with Crippen LogP contribution in [0.25, 0.3) is 0 Å². The molecule has 1 aromatic carbocycles. The monoisotopic (exact) mass is 266 g/mol. The fraction of sp³-hybridized carbons (Fsp3) is 0.500. The van der Waals surface area contributed by atoms with Gasteiger partial charge in [-0.05, 0) is 17.7 Å². The van der Waals surface area contributed by atoms with E-state index in [1.165, 1.54) is 6.92 Å². The third-order valence-electron chi connectivity index (χ3n) is 3.13. The molecular weight excluding hydrogens is 248 g/mol. The Morgan fingerprint density at radius 3 is 2.89 bits per heavy atom. The zero-order chi connectivity index (χ0) is 13.8. The van der Waals surface area contributed by atoms with Gasteiger partial charge in [-0.15, -0.1) is 0 Å². The molecule has 2 rings (SSSR count). The summed E-state index contributed by atoms with van der Waals surface area (Å²) < 4.78 is 15.8. The summed E-state index contributed by atoms with van der Waals surface area (Å²) >= 11 is 0. The van der Waals surface area contributed by atoms with Crippen LogP contribution in [0.3, 0.4) is 0 Å². The number of carbonyl (C=O) groups is 1. The molecule has 0 aliphatic carbocycles. The summed E-state index contributed by atoms with van der Waals surface area (Å²) in [6.07, 6.45) is -1.12. The van der Waals surface area contributed by atoms with Gasteiger partial charge in [0.15, 0.2) is 6.10 Å². The van der Waals surface area contributed by atoms with E-state index in [0.29, 0.717) is 6.42 Å². The van der Waals surface area contributed by atoms with E-state index >= 15 is 0 Å². The van der Waals surface area contributed by atoms with E-state index in [0.717, 1.165) is 11.3 Å². The average Bonchev–Trinajstić information content (AvgIpc) is 2.40. The molecule has 0 amide bonds. The van der Waals surface area contributed by atoms with Crippen molar-refractivity contribution in [3.63, 3.8) is 0 Å². The van der Waals surface area contributed by atoms with Gasteiger partial charge in [-0.1, -0.05) is 12.1 Å². The predicted octanol–water partition coefficient (Wildman–Crippen LogP) is 1.45. The van der Waals surface area contributed by atoms with Crippen molar-refractivity contribution in [2.45, 2.75) is 31.7 Å². The van der Waals surface area contributed by atoms with E-state index < -0.39 is 18.2 Å². The first kappa shape index (κ1) is 13.8. The SMILES string of the molecule is COc1cccc([C@@H]2C[C@@H](O)[C@H](OC(C)=O)CO2)c1. The van der Waals surface area contributed by atoms with Crippen molar-refractivity contribution in [2.75, 3.05) is 13.7 Å². The molecule has 5 heteroatoms. The predicted molar refractivity (Wildman–Crippen MR) is 67.9 cm³/mol. The second-order valence-corrected chi connectivity index (χ2v) is 4.55. The van der Waals surface area contributed by atoms with Gasteiger partial charge < -0.3 is 19.3 Å². The Balaban J connectivity index is 2.02. The molecule has 0 spiro atoms. The lowest BCUT2D eigenvalue weighted by molar-refractivity contribution is -0.173. The van der Waals surface area contributed by atoms with Crippen molar-refractivity contribution in [3.8, 4) is 5.75 Å². The molecule has 1 heterocycles. The van der Waals surface area contributed by atoms with E-state index in [2.05, 4.69) is 0 Å². The smallest absolute Gasteiger partial charge is 0.303 e. The molecule has 1 fully saturated rings. The summed E-state index contributed by atoms with van der Waals surface area (Å²) in [4.78, 5) is 10.9. The molecule has 104 valence electrons. The number of hydrogen-bond donors (Lipinski definition) is 1. The van der Waals surface area contributed by atoms with Crippen molar-refractivity contribution in [1.29, 1.82) is 0 Å². The van der Waals surface area contributed by atoms with Crippen molar-refractivity contribution in [1.82, 2.24) is 0 Å². The highest BCUT2D eigenvalue weighted by Crippen LogP contribution is 2.31. The summed E-state index contributed by atoms with van der Waals surface area (Å²) in [5.74, 6) is 0.338. The standard InChI is InChI=1S/C14H18O5/c1-9(15)19-14-8-18-13(7-12(14)16)10-4-3-5-11(6-10)17-2/h3-6,12-14,16H,7-8H2,1-2H3/t12-,13+,14-/m1/s1. The van der Waals surface area contributed by atoms with Crippen LogP contribution < -0.4 is 4.74 Å². The van der Waals surface area contributed by atoms with Gasteiger partial charge in [0, 0.05) is 13.3 Å². The Labute approximate surface area is 112 Å². The first-order valence-corrected chi connectivity index (χ1v) is 6.21. The third-order valence-corrected chi connectivity index (χ3v) is 3.13. The summed E-state index contributed by atoms with van der Waals surface area (Å²) in [6.45, 7) is 1.52. The van der Waals surface area contributed by atoms with Gasteiger partial charge in [0.25, 0.3) is 0 Å². The Morgan fingerprint density at radius 1 is 1.47 bits per heavy atom. The van der Waals surface area contributed by atoms with Crippen LogP contribution in [0.4, 0.5) is 0 Å². The van der Waals surface area contributed by atoms with Crippen molar-refractivity contribution in [3.05, 3.63) is 29.8 Å². The minimum Gasteiger partial charge on any atom is -0.497 e. The van der Waals surface area contributed by atoms with E-state index in [4.69, 9.17) is 14.2 Å². The van der Waals surface area contributed by atoms with Crippen LogP contribution in [0.5, 0.6) is 5.75 Å². The van der Waals surface area contributed by atoms with Crippen molar-refractivity contribution >= 4 is 5.97 Å². The summed E-state index contributed by atoms with van der Waals surface area (Å²) in [5, 5.41) is 9.99. The lowest BCUT2D eigenvalue weighted by Gasteiger charge is -2.33. The van der Waals surface area contributed by atoms with Crippen LogP contribution in [-0.4, -0.2) is 37.0 Å². The zero-order valence-electron chi connectivity index (χ0n) is 11.0. The van der Waals surface area contributed by atoms with E-state index in [9.17, 15) is 9.90 Å². The normalized spacial score (nSPS) is 26.8. The number of esters is 1. The number of rotatable bonds is 3. The van der Waals surface area contributed by atoms with Crippen LogP contribution in [0.2, 0.25) is 0 Å². The number of aliphatic hydroxyl groups excluding tert-OH is 1. The Bertz CT molecular complexity index is 445.